The summed E-state index contributed by atoms with van der Waals surface area (Å²) in [6.45, 7) is 8.14. The predicted octanol–water partition coefficient (Wildman–Crippen LogP) is 2.43. The first-order chi connectivity index (χ1) is 15.0. The van der Waals surface area contributed by atoms with Crippen molar-refractivity contribution in [1.29, 1.82) is 0 Å². The number of rotatable bonds is 7. The third-order valence-electron chi connectivity index (χ3n) is 5.69. The molecule has 8 nitrogen and oxygen atoms in total. The second-order valence-electron chi connectivity index (χ2n) is 7.91. The van der Waals surface area contributed by atoms with E-state index in [1.165, 1.54) is 6.92 Å². The summed E-state index contributed by atoms with van der Waals surface area (Å²) in [6.07, 6.45) is 0. The Morgan fingerprint density at radius 2 is 1.50 bits per heavy atom. The molecule has 0 aliphatic carbocycles. The highest BCUT2D eigenvalue weighted by Crippen LogP contribution is 2.26. The number of carbonyl (C=O) groups is 3. The molecule has 9 heteroatoms. The van der Waals surface area contributed by atoms with Crippen LogP contribution in [0.1, 0.15) is 49.9 Å². The van der Waals surface area contributed by atoms with E-state index in [0.717, 1.165) is 16.0 Å². The largest absolute Gasteiger partial charge is 0.463 e. The minimum Gasteiger partial charge on any atom is -0.463 e. The van der Waals surface area contributed by atoms with E-state index in [-0.39, 0.29) is 18.0 Å². The molecular weight excluding hydrogens is 432 g/mol. The summed E-state index contributed by atoms with van der Waals surface area (Å²) >= 11 is 0. The number of sulfonamides is 1. The lowest BCUT2D eigenvalue weighted by Gasteiger charge is -2.19. The van der Waals surface area contributed by atoms with Gasteiger partial charge in [-0.25, -0.2) is 8.42 Å². The van der Waals surface area contributed by atoms with Crippen molar-refractivity contribution in [2.45, 2.75) is 45.6 Å². The molecule has 0 unspecified atom stereocenters. The number of fused-ring (bicyclic) bond motifs is 1. The summed E-state index contributed by atoms with van der Waals surface area (Å²) in [5.74, 6) is -1.70. The second-order valence-corrected chi connectivity index (χ2v) is 9.56. The van der Waals surface area contributed by atoms with Crippen LogP contribution in [0.25, 0.3) is 0 Å². The molecule has 0 bridgehead atoms. The van der Waals surface area contributed by atoms with Gasteiger partial charge in [-0.1, -0.05) is 18.2 Å². The third-order valence-corrected chi connectivity index (χ3v) is 7.50. The van der Waals surface area contributed by atoms with Gasteiger partial charge in [-0.3, -0.25) is 19.3 Å². The lowest BCUT2D eigenvalue weighted by atomic mass is 10.0. The average Bonchev–Trinajstić information content (AvgIpc) is 2.97. The Labute approximate surface area is 187 Å². The van der Waals surface area contributed by atoms with E-state index in [4.69, 9.17) is 4.74 Å². The highest BCUT2D eigenvalue weighted by Gasteiger charge is 2.35. The summed E-state index contributed by atoms with van der Waals surface area (Å²) in [4.78, 5) is 38.2. The molecule has 1 heterocycles. The normalized spacial score (nSPS) is 14.5. The quantitative estimate of drug-likeness (QED) is 0.504. The molecule has 2 aromatic carbocycles. The zero-order valence-electron chi connectivity index (χ0n) is 18.7. The maximum absolute atomic E-state index is 13.0. The summed E-state index contributed by atoms with van der Waals surface area (Å²) in [5.41, 5.74) is 3.53. The first-order valence-corrected chi connectivity index (χ1v) is 11.7. The topological polar surface area (TPSA) is 110 Å². The van der Waals surface area contributed by atoms with E-state index in [9.17, 15) is 22.8 Å². The number of imide groups is 1. The van der Waals surface area contributed by atoms with Gasteiger partial charge in [0.05, 0.1) is 22.6 Å². The molecule has 0 aromatic heterocycles. The number of nitrogens with zero attached hydrogens (tertiary/aromatic N) is 1. The molecule has 2 amide bonds. The van der Waals surface area contributed by atoms with E-state index in [2.05, 4.69) is 4.72 Å². The molecule has 170 valence electrons. The molecular formula is C23H26N2O6S. The first-order valence-electron chi connectivity index (χ1n) is 10.2. The van der Waals surface area contributed by atoms with Crippen LogP contribution in [-0.2, 0) is 19.6 Å². The van der Waals surface area contributed by atoms with Gasteiger partial charge in [0.15, 0.2) is 0 Å². The van der Waals surface area contributed by atoms with E-state index >= 15 is 0 Å². The number of hydrogen-bond donors (Lipinski definition) is 1. The van der Waals surface area contributed by atoms with Crippen molar-refractivity contribution in [3.8, 4) is 0 Å². The van der Waals surface area contributed by atoms with Crippen LogP contribution in [0.5, 0.6) is 0 Å². The Kier molecular flexibility index (Phi) is 6.52. The molecule has 0 saturated heterocycles. The standard InChI is InChI=1S/C23H26N2O6S/c1-13-12-14(2)16(4)20(15(13)3)32(29,30)24-17(5)23(28)31-11-10-25-21(26)18-8-6-7-9-19(18)22(25)27/h6-9,12,17,24H,10-11H2,1-5H3/t17-/m1/s1. The lowest BCUT2D eigenvalue weighted by molar-refractivity contribution is -0.145. The monoisotopic (exact) mass is 458 g/mol. The fourth-order valence-electron chi connectivity index (χ4n) is 3.73. The molecule has 32 heavy (non-hydrogen) atoms. The number of amides is 2. The molecule has 1 N–H and O–H groups in total. The van der Waals surface area contributed by atoms with E-state index < -0.39 is 33.8 Å². The molecule has 0 radical (unpaired) electrons. The minimum atomic E-state index is -3.97. The first kappa shape index (κ1) is 23.6. The zero-order valence-corrected chi connectivity index (χ0v) is 19.5. The van der Waals surface area contributed by atoms with Crippen molar-refractivity contribution in [3.05, 3.63) is 63.7 Å². The SMILES string of the molecule is Cc1cc(C)c(C)c(S(=O)(=O)N[C@H](C)C(=O)OCCN2C(=O)c3ccccc3C2=O)c1C. The summed E-state index contributed by atoms with van der Waals surface area (Å²) < 4.78 is 33.5. The maximum Gasteiger partial charge on any atom is 0.323 e. The maximum atomic E-state index is 13.0. The Morgan fingerprint density at radius 1 is 1.00 bits per heavy atom. The number of ether oxygens (including phenoxy) is 1. The highest BCUT2D eigenvalue weighted by atomic mass is 32.2. The smallest absolute Gasteiger partial charge is 0.323 e. The fraction of sp³-hybridized carbons (Fsp3) is 0.348. The lowest BCUT2D eigenvalue weighted by Crippen LogP contribution is -2.41. The van der Waals surface area contributed by atoms with E-state index in [0.29, 0.717) is 22.3 Å². The molecule has 1 aliphatic heterocycles. The molecule has 3 rings (SSSR count). The molecule has 1 aliphatic rings. The van der Waals surface area contributed by atoms with Crippen molar-refractivity contribution >= 4 is 27.8 Å². The van der Waals surface area contributed by atoms with Crippen LogP contribution < -0.4 is 4.72 Å². The Morgan fingerprint density at radius 3 is 2.00 bits per heavy atom. The Balaban J connectivity index is 1.63. The van der Waals surface area contributed by atoms with Gasteiger partial charge in [-0.2, -0.15) is 4.72 Å². The molecule has 0 saturated carbocycles. The number of carbonyl (C=O) groups excluding carboxylic acids is 3. The molecule has 1 atom stereocenters. The van der Waals surface area contributed by atoms with E-state index in [1.807, 2.05) is 19.9 Å². The van der Waals surface area contributed by atoms with Gasteiger partial charge >= 0.3 is 5.97 Å². The molecule has 2 aromatic rings. The van der Waals surface area contributed by atoms with Crippen molar-refractivity contribution in [2.75, 3.05) is 13.2 Å². The van der Waals surface area contributed by atoms with Crippen LogP contribution in [0, 0.1) is 27.7 Å². The van der Waals surface area contributed by atoms with E-state index in [1.54, 1.807) is 38.1 Å². The summed E-state index contributed by atoms with van der Waals surface area (Å²) in [7, 11) is -3.97. The number of hydrogen-bond acceptors (Lipinski definition) is 6. The van der Waals surface area contributed by atoms with Crippen molar-refractivity contribution in [2.24, 2.45) is 0 Å². The van der Waals surface area contributed by atoms with Gasteiger partial charge in [0.2, 0.25) is 10.0 Å². The number of aryl methyl sites for hydroxylation is 2. The predicted molar refractivity (Wildman–Crippen MR) is 118 cm³/mol. The van der Waals surface area contributed by atoms with Crippen LogP contribution in [0.2, 0.25) is 0 Å². The van der Waals surface area contributed by atoms with Gasteiger partial charge in [-0.15, -0.1) is 0 Å². The van der Waals surface area contributed by atoms with Crippen LogP contribution in [-0.4, -0.2) is 50.3 Å². The van der Waals surface area contributed by atoms with Crippen LogP contribution in [0.15, 0.2) is 35.2 Å². The second kappa shape index (κ2) is 8.84. The Hall–Kier alpha value is -3.04. The van der Waals surface area contributed by atoms with Gasteiger partial charge < -0.3 is 4.74 Å². The highest BCUT2D eigenvalue weighted by molar-refractivity contribution is 7.89. The van der Waals surface area contributed by atoms with Gasteiger partial charge in [0, 0.05) is 0 Å². The van der Waals surface area contributed by atoms with Crippen molar-refractivity contribution in [1.82, 2.24) is 9.62 Å². The third kappa shape index (κ3) is 4.31. The summed E-state index contributed by atoms with van der Waals surface area (Å²) in [5, 5.41) is 0. The number of benzene rings is 2. The Bertz CT molecular complexity index is 1160. The van der Waals surface area contributed by atoms with Gasteiger partial charge in [-0.05, 0) is 69.0 Å². The average molecular weight is 459 g/mol. The number of nitrogens with one attached hydrogen (secondary N) is 1. The van der Waals surface area contributed by atoms with Gasteiger partial charge in [0.25, 0.3) is 11.8 Å². The van der Waals surface area contributed by atoms with Crippen LogP contribution >= 0.6 is 0 Å². The zero-order chi connectivity index (χ0) is 23.8. The fourth-order valence-corrected chi connectivity index (χ4v) is 5.54. The molecule has 0 fully saturated rings. The van der Waals surface area contributed by atoms with Crippen molar-refractivity contribution in [3.63, 3.8) is 0 Å². The van der Waals surface area contributed by atoms with Crippen LogP contribution in [0.3, 0.4) is 0 Å². The van der Waals surface area contributed by atoms with Crippen LogP contribution in [0.4, 0.5) is 0 Å². The molecule has 0 spiro atoms. The van der Waals surface area contributed by atoms with Crippen molar-refractivity contribution < 1.29 is 27.5 Å². The van der Waals surface area contributed by atoms with Gasteiger partial charge in [0.1, 0.15) is 12.6 Å². The number of esters is 1. The summed E-state index contributed by atoms with van der Waals surface area (Å²) in [6, 6.07) is 7.23. The minimum absolute atomic E-state index is 0.118.